The summed E-state index contributed by atoms with van der Waals surface area (Å²) in [6, 6.07) is 3.83. The first-order valence-electron chi connectivity index (χ1n) is 5.76. The summed E-state index contributed by atoms with van der Waals surface area (Å²) in [6.07, 6.45) is 3.24. The lowest BCUT2D eigenvalue weighted by molar-refractivity contribution is 0.199. The first-order valence-corrected chi connectivity index (χ1v) is 5.76. The number of methoxy groups -OCH3 is 1. The molecule has 0 spiro atoms. The molecule has 0 aliphatic carbocycles. The van der Waals surface area contributed by atoms with Crippen molar-refractivity contribution in [3.8, 4) is 0 Å². The van der Waals surface area contributed by atoms with E-state index in [2.05, 4.69) is 14.5 Å². The normalized spacial score (nSPS) is 11.2. The minimum Gasteiger partial charge on any atom is -0.396 e. The van der Waals surface area contributed by atoms with E-state index in [1.165, 1.54) is 0 Å². The van der Waals surface area contributed by atoms with E-state index in [1.54, 1.807) is 13.3 Å². The average molecular weight is 235 g/mol. The second-order valence-electron chi connectivity index (χ2n) is 3.85. The fourth-order valence-corrected chi connectivity index (χ4v) is 1.85. The molecule has 0 saturated carbocycles. The van der Waals surface area contributed by atoms with Gasteiger partial charge in [-0.3, -0.25) is 0 Å². The molecule has 0 aliphatic rings. The Hall–Kier alpha value is -1.46. The highest BCUT2D eigenvalue weighted by Gasteiger charge is 2.10. The molecule has 2 heterocycles. The van der Waals surface area contributed by atoms with Crippen LogP contribution in [0.5, 0.6) is 0 Å². The van der Waals surface area contributed by atoms with E-state index in [1.807, 2.05) is 12.1 Å². The topological polar surface area (TPSA) is 60.2 Å². The number of imidazole rings is 1. The van der Waals surface area contributed by atoms with Crippen molar-refractivity contribution in [1.82, 2.24) is 14.5 Å². The molecule has 0 atom stereocenters. The van der Waals surface area contributed by atoms with Crippen molar-refractivity contribution < 1.29 is 9.84 Å². The van der Waals surface area contributed by atoms with E-state index in [9.17, 15) is 0 Å². The fraction of sp³-hybridized carbons (Fsp3) is 0.500. The molecule has 1 N–H and O–H groups in total. The molecule has 5 heteroatoms. The summed E-state index contributed by atoms with van der Waals surface area (Å²) in [5, 5.41) is 8.93. The van der Waals surface area contributed by atoms with Gasteiger partial charge in [-0.15, -0.1) is 0 Å². The van der Waals surface area contributed by atoms with Gasteiger partial charge in [-0.25, -0.2) is 9.97 Å². The van der Waals surface area contributed by atoms with Crippen molar-refractivity contribution >= 4 is 11.2 Å². The molecule has 17 heavy (non-hydrogen) atoms. The second kappa shape index (κ2) is 5.75. The molecule has 0 fully saturated rings. The molecule has 2 rings (SSSR count). The zero-order valence-electron chi connectivity index (χ0n) is 9.96. The zero-order valence-corrected chi connectivity index (χ0v) is 9.96. The van der Waals surface area contributed by atoms with Crippen LogP contribution in [0.3, 0.4) is 0 Å². The highest BCUT2D eigenvalue weighted by atomic mass is 16.5. The number of aliphatic hydroxyl groups is 1. The quantitative estimate of drug-likeness (QED) is 0.811. The standard InChI is InChI=1S/C12H17N3O2/c1-17-9-5-11-14-10-4-2-6-13-12(10)15(11)7-3-8-16/h2,4,6,16H,3,5,7-9H2,1H3. The fourth-order valence-electron chi connectivity index (χ4n) is 1.85. The van der Waals surface area contributed by atoms with Crippen molar-refractivity contribution in [2.45, 2.75) is 19.4 Å². The van der Waals surface area contributed by atoms with Gasteiger partial charge in [-0.05, 0) is 18.6 Å². The van der Waals surface area contributed by atoms with Gasteiger partial charge >= 0.3 is 0 Å². The molecule has 0 aliphatic heterocycles. The van der Waals surface area contributed by atoms with Gasteiger partial charge in [0.1, 0.15) is 11.3 Å². The predicted molar refractivity (Wildman–Crippen MR) is 64.8 cm³/mol. The Balaban J connectivity index is 2.34. The lowest BCUT2D eigenvalue weighted by Crippen LogP contribution is -2.08. The van der Waals surface area contributed by atoms with Crippen LogP contribution in [0, 0.1) is 0 Å². The zero-order chi connectivity index (χ0) is 12.1. The van der Waals surface area contributed by atoms with Crippen LogP contribution in [-0.4, -0.2) is 40.0 Å². The molecule has 0 aromatic carbocycles. The summed E-state index contributed by atoms with van der Waals surface area (Å²) >= 11 is 0. The highest BCUT2D eigenvalue weighted by Crippen LogP contribution is 2.14. The van der Waals surface area contributed by atoms with Crippen LogP contribution in [0.2, 0.25) is 0 Å². The third-order valence-corrected chi connectivity index (χ3v) is 2.65. The molecule has 0 amide bonds. The molecule has 2 aromatic heterocycles. The summed E-state index contributed by atoms with van der Waals surface area (Å²) in [5.74, 6) is 0.967. The van der Waals surface area contributed by atoms with Crippen LogP contribution < -0.4 is 0 Å². The minimum absolute atomic E-state index is 0.177. The maximum absolute atomic E-state index is 8.93. The Labute approximate surface area is 100 Å². The van der Waals surface area contributed by atoms with E-state index in [4.69, 9.17) is 9.84 Å². The number of ether oxygens (including phenoxy) is 1. The van der Waals surface area contributed by atoms with Crippen molar-refractivity contribution in [2.24, 2.45) is 0 Å². The predicted octanol–water partition coefficient (Wildman–Crippen LogP) is 1.00. The van der Waals surface area contributed by atoms with E-state index in [0.717, 1.165) is 30.0 Å². The van der Waals surface area contributed by atoms with E-state index in [-0.39, 0.29) is 6.61 Å². The number of hydrogen-bond acceptors (Lipinski definition) is 4. The van der Waals surface area contributed by atoms with E-state index >= 15 is 0 Å². The van der Waals surface area contributed by atoms with Gasteiger partial charge in [0.15, 0.2) is 5.65 Å². The molecule has 0 bridgehead atoms. The smallest absolute Gasteiger partial charge is 0.159 e. The van der Waals surface area contributed by atoms with Crippen molar-refractivity contribution in [3.05, 3.63) is 24.2 Å². The van der Waals surface area contributed by atoms with E-state index in [0.29, 0.717) is 13.0 Å². The van der Waals surface area contributed by atoms with Crippen LogP contribution in [0.25, 0.3) is 11.2 Å². The third-order valence-electron chi connectivity index (χ3n) is 2.65. The summed E-state index contributed by atoms with van der Waals surface area (Å²) in [5.41, 5.74) is 1.78. The average Bonchev–Trinajstić information content (AvgIpc) is 2.71. The maximum Gasteiger partial charge on any atom is 0.159 e. The van der Waals surface area contributed by atoms with Crippen LogP contribution >= 0.6 is 0 Å². The Morgan fingerprint density at radius 2 is 2.35 bits per heavy atom. The molecule has 0 saturated heterocycles. The highest BCUT2D eigenvalue weighted by molar-refractivity contribution is 5.71. The monoisotopic (exact) mass is 235 g/mol. The van der Waals surface area contributed by atoms with Gasteiger partial charge in [0.05, 0.1) is 6.61 Å². The first kappa shape index (κ1) is 12.0. The van der Waals surface area contributed by atoms with Crippen molar-refractivity contribution in [3.63, 3.8) is 0 Å². The van der Waals surface area contributed by atoms with Crippen LogP contribution in [-0.2, 0) is 17.7 Å². The van der Waals surface area contributed by atoms with Gasteiger partial charge in [-0.2, -0.15) is 0 Å². The number of nitrogens with zero attached hydrogens (tertiary/aromatic N) is 3. The number of hydrogen-bond donors (Lipinski definition) is 1. The van der Waals surface area contributed by atoms with Gasteiger partial charge < -0.3 is 14.4 Å². The maximum atomic E-state index is 8.93. The minimum atomic E-state index is 0.177. The number of pyridine rings is 1. The molecule has 0 unspecified atom stereocenters. The lowest BCUT2D eigenvalue weighted by atomic mass is 10.4. The van der Waals surface area contributed by atoms with E-state index < -0.39 is 0 Å². The number of aryl methyl sites for hydroxylation is 1. The van der Waals surface area contributed by atoms with Crippen molar-refractivity contribution in [1.29, 1.82) is 0 Å². The van der Waals surface area contributed by atoms with Gasteiger partial charge in [-0.1, -0.05) is 0 Å². The Kier molecular flexibility index (Phi) is 4.06. The molecular formula is C12H17N3O2. The lowest BCUT2D eigenvalue weighted by Gasteiger charge is -2.06. The summed E-state index contributed by atoms with van der Waals surface area (Å²) < 4.78 is 7.14. The SMILES string of the molecule is COCCc1nc2cccnc2n1CCCO. The van der Waals surface area contributed by atoms with Gasteiger partial charge in [0.25, 0.3) is 0 Å². The first-order chi connectivity index (χ1) is 8.36. The Morgan fingerprint density at radius 3 is 3.12 bits per heavy atom. The van der Waals surface area contributed by atoms with Crippen molar-refractivity contribution in [2.75, 3.05) is 20.3 Å². The molecule has 0 radical (unpaired) electrons. The molecular weight excluding hydrogens is 218 g/mol. The molecule has 92 valence electrons. The van der Waals surface area contributed by atoms with Crippen LogP contribution in [0.15, 0.2) is 18.3 Å². The van der Waals surface area contributed by atoms with Gasteiger partial charge in [0, 0.05) is 32.9 Å². The number of aromatic nitrogens is 3. The Bertz CT molecular complexity index is 482. The summed E-state index contributed by atoms with van der Waals surface area (Å²) in [6.45, 7) is 1.56. The second-order valence-corrected chi connectivity index (χ2v) is 3.85. The number of aliphatic hydroxyl groups excluding tert-OH is 1. The molecule has 5 nitrogen and oxygen atoms in total. The number of fused-ring (bicyclic) bond motifs is 1. The summed E-state index contributed by atoms with van der Waals surface area (Å²) in [7, 11) is 1.68. The summed E-state index contributed by atoms with van der Waals surface area (Å²) in [4.78, 5) is 8.88. The molecule has 2 aromatic rings. The Morgan fingerprint density at radius 1 is 1.47 bits per heavy atom. The van der Waals surface area contributed by atoms with Gasteiger partial charge in [0.2, 0.25) is 0 Å². The third kappa shape index (κ3) is 2.62. The van der Waals surface area contributed by atoms with Crippen LogP contribution in [0.1, 0.15) is 12.2 Å². The number of rotatable bonds is 6. The largest absolute Gasteiger partial charge is 0.396 e. The van der Waals surface area contributed by atoms with Crippen LogP contribution in [0.4, 0.5) is 0 Å².